The van der Waals surface area contributed by atoms with E-state index in [1.165, 1.54) is 11.0 Å². The van der Waals surface area contributed by atoms with Crippen LogP contribution in [0.4, 0.5) is 27.1 Å². The highest BCUT2D eigenvalue weighted by Crippen LogP contribution is 2.34. The summed E-state index contributed by atoms with van der Waals surface area (Å²) in [5.74, 6) is -0.691. The summed E-state index contributed by atoms with van der Waals surface area (Å²) in [6, 6.07) is 39.7. The first-order chi connectivity index (χ1) is 53.5. The van der Waals surface area contributed by atoms with Crippen LogP contribution < -0.4 is 19.6 Å². The molecule has 0 bridgehead atoms. The van der Waals surface area contributed by atoms with Crippen LogP contribution in [0.25, 0.3) is 44.6 Å². The largest absolute Gasteiger partial charge is 0.316 e. The molecule has 0 saturated carbocycles. The molecule has 7 aromatic heterocycles. The van der Waals surface area contributed by atoms with E-state index in [0.29, 0.717) is 92.9 Å². The van der Waals surface area contributed by atoms with Crippen LogP contribution in [0, 0.1) is 12.7 Å². The van der Waals surface area contributed by atoms with Crippen LogP contribution in [0.1, 0.15) is 123 Å². The number of hydrogen-bond acceptors (Lipinski definition) is 15. The van der Waals surface area contributed by atoms with Crippen molar-refractivity contribution in [2.45, 2.75) is 86.0 Å². The van der Waals surface area contributed by atoms with Gasteiger partial charge in [0.15, 0.2) is 23.1 Å². The molecular weight excluding hydrogens is 1460 g/mol. The fourth-order valence-electron chi connectivity index (χ4n) is 11.9. The molecule has 12 aromatic rings. The summed E-state index contributed by atoms with van der Waals surface area (Å²) in [7, 11) is 14.0. The SMILES string of the molecule is CCC(=O)N(C)c1ccc(-c2ccc(C(=O)Cc3cnn(C)c3)cc2)c(C)c1.CCC(=O)N(C)c1ccc(-c2ccc(C(=O)Cc3cnn(C)c3)cn2)cc1Cl.CCC(=O)N(C)c1ccc(-c2ccc(C(=O)Cc3cnn(C)c3)nc2)cc1Cl.CCC(=O)N(C)c1ccc(-c2ccc(C(=O)Cc3cnn(C)c3)nc2)cc1F. The lowest BCUT2D eigenvalue weighted by atomic mass is 9.97. The molecule has 0 atom stereocenters. The van der Waals surface area contributed by atoms with Crippen LogP contribution in [0.5, 0.6) is 0 Å². The van der Waals surface area contributed by atoms with Crippen molar-refractivity contribution in [3.8, 4) is 44.6 Å². The zero-order valence-electron chi connectivity index (χ0n) is 64.8. The maximum absolute atomic E-state index is 14.5. The second-order valence-corrected chi connectivity index (χ2v) is 27.4. The molecule has 0 unspecified atom stereocenters. The smallest absolute Gasteiger partial charge is 0.226 e. The molecule has 112 heavy (non-hydrogen) atoms. The van der Waals surface area contributed by atoms with Crippen molar-refractivity contribution in [2.24, 2.45) is 28.2 Å². The molecule has 0 aliphatic heterocycles. The predicted molar refractivity (Wildman–Crippen MR) is 435 cm³/mol. The third-order valence-corrected chi connectivity index (χ3v) is 19.0. The number of halogens is 3. The molecule has 26 heteroatoms. The Morgan fingerprint density at radius 3 is 1.11 bits per heavy atom. The number of benzene rings is 5. The molecule has 0 N–H and O–H groups in total. The number of rotatable bonds is 24. The quantitative estimate of drug-likeness (QED) is 0.0509. The molecule has 0 aliphatic carbocycles. The summed E-state index contributed by atoms with van der Waals surface area (Å²) in [6.07, 6.45) is 21.5. The Bertz CT molecular complexity index is 4970. The van der Waals surface area contributed by atoms with E-state index in [4.69, 9.17) is 23.2 Å². The van der Waals surface area contributed by atoms with E-state index in [1.807, 2.05) is 134 Å². The van der Waals surface area contributed by atoms with Gasteiger partial charge in [0, 0.05) is 185 Å². The highest BCUT2D eigenvalue weighted by molar-refractivity contribution is 6.34. The first-order valence-electron chi connectivity index (χ1n) is 36.1. The minimum atomic E-state index is -0.487. The number of ketones is 4. The number of Topliss-reactive ketones (excluding diaryl/α,β-unsaturated/α-hetero) is 4. The van der Waals surface area contributed by atoms with Gasteiger partial charge in [-0.2, -0.15) is 20.4 Å². The fraction of sp³-hybridized carbons (Fsp3) is 0.244. The molecule has 5 aromatic carbocycles. The van der Waals surface area contributed by atoms with Gasteiger partial charge in [0.05, 0.1) is 57.6 Å². The molecule has 4 amide bonds. The zero-order valence-corrected chi connectivity index (χ0v) is 66.3. The van der Waals surface area contributed by atoms with Gasteiger partial charge in [-0.25, -0.2) is 4.39 Å². The molecule has 0 spiro atoms. The standard InChI is InChI=1S/C23H25N3O2.2C21H21ClN4O2.C21H21FN4O2/c1-5-23(28)26(4)20-10-11-21(16(2)12-20)18-6-8-19(9-7-18)22(27)13-17-14-24-25(3)15-17;1-4-21(28)26(3)19-8-6-15(10-17(19)22)18-7-5-16(12-23-18)20(27)9-14-11-24-25(2)13-14;2*1-4-21(28)26(3)19-8-6-15(10-17(19)22)16-5-7-18(23-12-16)20(27)9-14-11-24-25(2)13-14/h6-12,14-15H,5,13H2,1-4H3;3*5-8,10-13H,4,9H2,1-3H3. The molecule has 0 aliphatic rings. The van der Waals surface area contributed by atoms with E-state index >= 15 is 0 Å². The molecule has 12 rings (SSSR count). The molecule has 7 heterocycles. The van der Waals surface area contributed by atoms with Crippen LogP contribution >= 0.6 is 23.2 Å². The summed E-state index contributed by atoms with van der Waals surface area (Å²) in [6.45, 7) is 9.24. The van der Waals surface area contributed by atoms with E-state index < -0.39 is 5.82 Å². The van der Waals surface area contributed by atoms with E-state index in [1.54, 1.807) is 186 Å². The number of pyridine rings is 3. The number of aryl methyl sites for hydroxylation is 5. The van der Waals surface area contributed by atoms with Crippen molar-refractivity contribution in [1.29, 1.82) is 0 Å². The van der Waals surface area contributed by atoms with Crippen LogP contribution in [-0.2, 0) is 73.1 Å². The highest BCUT2D eigenvalue weighted by Gasteiger charge is 2.21. The van der Waals surface area contributed by atoms with Crippen molar-refractivity contribution < 1.29 is 42.7 Å². The second kappa shape index (κ2) is 38.7. The monoisotopic (exact) mass is 1550 g/mol. The third-order valence-electron chi connectivity index (χ3n) is 18.4. The van der Waals surface area contributed by atoms with Gasteiger partial charge in [-0.1, -0.05) is 112 Å². The second-order valence-electron chi connectivity index (χ2n) is 26.6. The number of nitrogens with zero attached hydrogens (tertiary/aromatic N) is 15. The van der Waals surface area contributed by atoms with Crippen LogP contribution in [0.2, 0.25) is 10.0 Å². The molecule has 576 valence electrons. The van der Waals surface area contributed by atoms with Crippen LogP contribution in [-0.4, -0.2) is 129 Å². The van der Waals surface area contributed by atoms with Gasteiger partial charge in [0.1, 0.15) is 17.2 Å². The number of hydrogen-bond donors (Lipinski definition) is 0. The fourth-order valence-corrected chi connectivity index (χ4v) is 12.5. The lowest BCUT2D eigenvalue weighted by Gasteiger charge is -2.18. The third kappa shape index (κ3) is 21.9. The summed E-state index contributed by atoms with van der Waals surface area (Å²) >= 11 is 12.7. The van der Waals surface area contributed by atoms with Crippen molar-refractivity contribution >= 4 is 92.7 Å². The Morgan fingerprint density at radius 1 is 0.366 bits per heavy atom. The minimum Gasteiger partial charge on any atom is -0.316 e. The Labute approximate surface area is 660 Å². The number of aromatic nitrogens is 11. The summed E-state index contributed by atoms with van der Waals surface area (Å²) in [4.78, 5) is 116. The predicted octanol–water partition coefficient (Wildman–Crippen LogP) is 15.5. The van der Waals surface area contributed by atoms with Gasteiger partial charge in [0.2, 0.25) is 23.6 Å². The molecule has 0 saturated heterocycles. The van der Waals surface area contributed by atoms with Gasteiger partial charge < -0.3 is 19.6 Å². The first-order valence-corrected chi connectivity index (χ1v) is 36.9. The molecule has 23 nitrogen and oxygen atoms in total. The normalized spacial score (nSPS) is 10.7. The maximum atomic E-state index is 14.5. The Balaban J connectivity index is 0.000000171. The number of anilines is 4. The number of carbonyl (C=O) groups excluding carboxylic acids is 8. The molecule has 0 radical (unpaired) electrons. The number of amides is 4. The van der Waals surface area contributed by atoms with E-state index in [2.05, 4.69) is 35.3 Å². The van der Waals surface area contributed by atoms with Crippen LogP contribution in [0.3, 0.4) is 0 Å². The Kier molecular flexibility index (Phi) is 28.8. The average molecular weight is 1550 g/mol. The maximum Gasteiger partial charge on any atom is 0.226 e. The zero-order chi connectivity index (χ0) is 81.0. The van der Waals surface area contributed by atoms with Crippen molar-refractivity contribution in [1.82, 2.24) is 54.1 Å². The van der Waals surface area contributed by atoms with Crippen molar-refractivity contribution in [3.63, 3.8) is 0 Å². The summed E-state index contributed by atoms with van der Waals surface area (Å²) in [5.41, 5.74) is 15.6. The highest BCUT2D eigenvalue weighted by atomic mass is 35.5. The molecule has 0 fully saturated rings. The lowest BCUT2D eigenvalue weighted by molar-refractivity contribution is -0.118. The van der Waals surface area contributed by atoms with Crippen molar-refractivity contribution in [2.75, 3.05) is 47.8 Å². The molecular formula is C86H88Cl2FN15O8. The minimum absolute atomic E-state index is 0.00667. The van der Waals surface area contributed by atoms with E-state index in [0.717, 1.165) is 61.3 Å². The Hall–Kier alpha value is -12.5. The van der Waals surface area contributed by atoms with Gasteiger partial charge in [-0.3, -0.25) is 72.0 Å². The van der Waals surface area contributed by atoms with Gasteiger partial charge in [0.25, 0.3) is 0 Å². The average Bonchev–Trinajstić information content (AvgIpc) is 1.82. The summed E-state index contributed by atoms with van der Waals surface area (Å²) in [5, 5.41) is 17.2. The van der Waals surface area contributed by atoms with Gasteiger partial charge in [-0.15, -0.1) is 0 Å². The lowest BCUT2D eigenvalue weighted by Crippen LogP contribution is -2.25. The number of carbonyl (C=O) groups is 8. The Morgan fingerprint density at radius 2 is 0.732 bits per heavy atom. The first kappa shape index (κ1) is 83.5. The van der Waals surface area contributed by atoms with Gasteiger partial charge >= 0.3 is 0 Å². The van der Waals surface area contributed by atoms with E-state index in [9.17, 15) is 42.7 Å². The van der Waals surface area contributed by atoms with E-state index in [-0.39, 0.29) is 71.7 Å². The summed E-state index contributed by atoms with van der Waals surface area (Å²) < 4.78 is 21.1. The van der Waals surface area contributed by atoms with Crippen molar-refractivity contribution in [3.05, 3.63) is 268 Å². The topological polar surface area (TPSA) is 259 Å². The van der Waals surface area contributed by atoms with Gasteiger partial charge in [-0.05, 0) is 130 Å². The van der Waals surface area contributed by atoms with Crippen LogP contribution in [0.15, 0.2) is 202 Å².